The molecule has 2 heterocycles. The van der Waals surface area contributed by atoms with Crippen LogP contribution in [0, 0.1) is 0 Å². The highest BCUT2D eigenvalue weighted by atomic mass is 32.1. The lowest BCUT2D eigenvalue weighted by atomic mass is 10.1. The van der Waals surface area contributed by atoms with E-state index in [1.165, 1.54) is 0 Å². The number of halogens is 3. The first kappa shape index (κ1) is 21.9. The van der Waals surface area contributed by atoms with Crippen molar-refractivity contribution in [1.29, 1.82) is 0 Å². The summed E-state index contributed by atoms with van der Waals surface area (Å²) in [6, 6.07) is 0. The van der Waals surface area contributed by atoms with Crippen LogP contribution >= 0.6 is 11.3 Å². The molecule has 0 amide bonds. The van der Waals surface area contributed by atoms with Gasteiger partial charge in [-0.25, -0.2) is 4.98 Å². The Balaban J connectivity index is 1.66. The molecular weight excluding hydrogens is 381 g/mol. The zero-order chi connectivity index (χ0) is 19.5. The minimum absolute atomic E-state index is 0.286. The third-order valence-corrected chi connectivity index (χ3v) is 4.82. The van der Waals surface area contributed by atoms with Crippen molar-refractivity contribution in [3.05, 3.63) is 16.1 Å². The molecule has 0 radical (unpaired) electrons. The molecule has 0 atom stereocenters. The van der Waals surface area contributed by atoms with Crippen LogP contribution in [0.4, 0.5) is 13.2 Å². The molecule has 1 aliphatic heterocycles. The molecule has 154 valence electrons. The molecule has 0 aliphatic carbocycles. The van der Waals surface area contributed by atoms with Crippen molar-refractivity contribution >= 4 is 17.3 Å². The maximum absolute atomic E-state index is 12.6. The molecule has 1 saturated heterocycles. The maximum Gasteiger partial charge on any atom is 0.434 e. The van der Waals surface area contributed by atoms with E-state index in [-0.39, 0.29) is 6.10 Å². The number of guanidine groups is 1. The molecule has 0 saturated carbocycles. The molecule has 6 nitrogen and oxygen atoms in total. The van der Waals surface area contributed by atoms with E-state index in [1.54, 1.807) is 0 Å². The summed E-state index contributed by atoms with van der Waals surface area (Å²) in [6.07, 6.45) is -0.979. The van der Waals surface area contributed by atoms with Crippen molar-refractivity contribution in [1.82, 2.24) is 15.6 Å². The lowest BCUT2D eigenvalue weighted by molar-refractivity contribution is -0.140. The van der Waals surface area contributed by atoms with Gasteiger partial charge in [-0.3, -0.25) is 4.99 Å². The number of aromatic nitrogens is 1. The van der Waals surface area contributed by atoms with Crippen LogP contribution in [0.25, 0.3) is 0 Å². The number of alkyl halides is 3. The standard InChI is InChI=1S/C17H27F3N4O2S/c1-2-21-16(22-7-3-9-26-13-5-10-25-11-6-13)23-8-4-15-24-14(12-27-15)17(18,19)20/h12-13H,2-11H2,1H3,(H2,21,22,23). The van der Waals surface area contributed by atoms with E-state index in [0.717, 1.165) is 49.2 Å². The monoisotopic (exact) mass is 408 g/mol. The summed E-state index contributed by atoms with van der Waals surface area (Å²) in [4.78, 5) is 8.09. The number of hydrogen-bond donors (Lipinski definition) is 2. The first-order valence-corrected chi connectivity index (χ1v) is 10.1. The second-order valence-electron chi connectivity index (χ2n) is 6.10. The molecule has 27 heavy (non-hydrogen) atoms. The average Bonchev–Trinajstić information content (AvgIpc) is 3.11. The highest BCUT2D eigenvalue weighted by Crippen LogP contribution is 2.29. The summed E-state index contributed by atoms with van der Waals surface area (Å²) >= 11 is 1.02. The van der Waals surface area contributed by atoms with Crippen molar-refractivity contribution in [2.24, 2.45) is 4.99 Å². The van der Waals surface area contributed by atoms with Crippen LogP contribution in [0.2, 0.25) is 0 Å². The lowest BCUT2D eigenvalue weighted by Crippen LogP contribution is -2.38. The van der Waals surface area contributed by atoms with Gasteiger partial charge in [0.05, 0.1) is 11.1 Å². The van der Waals surface area contributed by atoms with Gasteiger partial charge >= 0.3 is 6.18 Å². The van der Waals surface area contributed by atoms with Crippen molar-refractivity contribution in [3.63, 3.8) is 0 Å². The van der Waals surface area contributed by atoms with Crippen molar-refractivity contribution in [2.45, 2.75) is 44.9 Å². The quantitative estimate of drug-likeness (QED) is 0.374. The van der Waals surface area contributed by atoms with Crippen LogP contribution in [-0.2, 0) is 22.1 Å². The Kier molecular flexibility index (Phi) is 9.29. The predicted octanol–water partition coefficient (Wildman–Crippen LogP) is 2.85. The first-order chi connectivity index (χ1) is 13.0. The molecule has 1 aliphatic rings. The van der Waals surface area contributed by atoms with Gasteiger partial charge in [-0.15, -0.1) is 11.3 Å². The Labute approximate surface area is 161 Å². The number of nitrogens with one attached hydrogen (secondary N) is 2. The summed E-state index contributed by atoms with van der Waals surface area (Å²) < 4.78 is 48.8. The fourth-order valence-corrected chi connectivity index (χ4v) is 3.34. The van der Waals surface area contributed by atoms with Gasteiger partial charge in [0.2, 0.25) is 0 Å². The second-order valence-corrected chi connectivity index (χ2v) is 7.04. The lowest BCUT2D eigenvalue weighted by Gasteiger charge is -2.22. The number of rotatable bonds is 9. The van der Waals surface area contributed by atoms with Gasteiger partial charge < -0.3 is 20.1 Å². The molecule has 0 spiro atoms. The van der Waals surface area contributed by atoms with Gasteiger partial charge in [0.15, 0.2) is 11.7 Å². The third-order valence-electron chi connectivity index (χ3n) is 3.91. The number of thiazole rings is 1. The molecule has 2 N–H and O–H groups in total. The van der Waals surface area contributed by atoms with Crippen LogP contribution in [0.3, 0.4) is 0 Å². The first-order valence-electron chi connectivity index (χ1n) is 9.22. The van der Waals surface area contributed by atoms with E-state index in [9.17, 15) is 13.2 Å². The van der Waals surface area contributed by atoms with Gasteiger partial charge in [0, 0.05) is 51.3 Å². The molecule has 0 bridgehead atoms. The molecule has 0 unspecified atom stereocenters. The third kappa shape index (κ3) is 8.44. The molecular formula is C17H27F3N4O2S. The molecule has 10 heteroatoms. The number of hydrogen-bond acceptors (Lipinski definition) is 5. The molecule has 2 rings (SSSR count). The van der Waals surface area contributed by atoms with E-state index in [4.69, 9.17) is 9.47 Å². The van der Waals surface area contributed by atoms with Gasteiger partial charge in [-0.1, -0.05) is 0 Å². The normalized spacial score (nSPS) is 16.5. The topological polar surface area (TPSA) is 67.8 Å². The van der Waals surface area contributed by atoms with Crippen LogP contribution in [0.5, 0.6) is 0 Å². The SMILES string of the molecule is CCNC(=NCCCOC1CCOCC1)NCCc1nc(C(F)(F)F)cs1. The van der Waals surface area contributed by atoms with Crippen molar-refractivity contribution in [2.75, 3.05) is 39.5 Å². The van der Waals surface area contributed by atoms with Crippen LogP contribution < -0.4 is 10.6 Å². The largest absolute Gasteiger partial charge is 0.434 e. The minimum Gasteiger partial charge on any atom is -0.381 e. The fraction of sp³-hybridized carbons (Fsp3) is 0.765. The highest BCUT2D eigenvalue weighted by molar-refractivity contribution is 7.09. The van der Waals surface area contributed by atoms with Crippen LogP contribution in [0.1, 0.15) is 36.9 Å². The van der Waals surface area contributed by atoms with Gasteiger partial charge in [-0.05, 0) is 26.2 Å². The summed E-state index contributed by atoms with van der Waals surface area (Å²) in [5.74, 6) is 0.649. The molecule has 1 aromatic rings. The summed E-state index contributed by atoms with van der Waals surface area (Å²) in [5, 5.41) is 7.75. The number of aliphatic imine (C=N–C) groups is 1. The summed E-state index contributed by atoms with van der Waals surface area (Å²) in [5.41, 5.74) is -0.826. The van der Waals surface area contributed by atoms with Crippen LogP contribution in [-0.4, -0.2) is 56.5 Å². The Morgan fingerprint density at radius 3 is 2.81 bits per heavy atom. The average molecular weight is 408 g/mol. The zero-order valence-electron chi connectivity index (χ0n) is 15.5. The number of ether oxygens (including phenoxy) is 2. The number of nitrogens with zero attached hydrogens (tertiary/aromatic N) is 2. The molecule has 1 fully saturated rings. The fourth-order valence-electron chi connectivity index (χ4n) is 2.53. The smallest absolute Gasteiger partial charge is 0.381 e. The van der Waals surface area contributed by atoms with Crippen molar-refractivity contribution < 1.29 is 22.6 Å². The van der Waals surface area contributed by atoms with E-state index >= 15 is 0 Å². The minimum atomic E-state index is -4.38. The Bertz CT molecular complexity index is 575. The Hall–Kier alpha value is -1.39. The van der Waals surface area contributed by atoms with Gasteiger partial charge in [-0.2, -0.15) is 13.2 Å². The van der Waals surface area contributed by atoms with Gasteiger partial charge in [0.25, 0.3) is 0 Å². The van der Waals surface area contributed by atoms with E-state index in [1.807, 2.05) is 6.92 Å². The summed E-state index contributed by atoms with van der Waals surface area (Å²) in [6.45, 7) is 5.94. The Morgan fingerprint density at radius 2 is 2.15 bits per heavy atom. The van der Waals surface area contributed by atoms with E-state index < -0.39 is 11.9 Å². The van der Waals surface area contributed by atoms with E-state index in [2.05, 4.69) is 20.6 Å². The predicted molar refractivity (Wildman–Crippen MR) is 99.2 cm³/mol. The van der Waals surface area contributed by atoms with Gasteiger partial charge in [0.1, 0.15) is 0 Å². The van der Waals surface area contributed by atoms with Crippen LogP contribution in [0.15, 0.2) is 10.4 Å². The van der Waals surface area contributed by atoms with Crippen molar-refractivity contribution in [3.8, 4) is 0 Å². The molecule has 1 aromatic heterocycles. The Morgan fingerprint density at radius 1 is 1.37 bits per heavy atom. The second kappa shape index (κ2) is 11.5. The van der Waals surface area contributed by atoms with E-state index in [0.29, 0.717) is 43.6 Å². The molecule has 0 aromatic carbocycles. The zero-order valence-corrected chi connectivity index (χ0v) is 16.3. The summed E-state index contributed by atoms with van der Waals surface area (Å²) in [7, 11) is 0. The maximum atomic E-state index is 12.6. The highest BCUT2D eigenvalue weighted by Gasteiger charge is 2.33.